The van der Waals surface area contributed by atoms with Gasteiger partial charge in [-0.15, -0.1) is 0 Å². The van der Waals surface area contributed by atoms with Gasteiger partial charge in [0.05, 0.1) is 11.8 Å². The largest absolute Gasteiger partial charge is 1.00 e. The number of pyridine rings is 1. The van der Waals surface area contributed by atoms with E-state index in [1.54, 1.807) is 6.21 Å². The summed E-state index contributed by atoms with van der Waals surface area (Å²) in [5.74, 6) is 0. The van der Waals surface area contributed by atoms with Crippen molar-refractivity contribution in [3.63, 3.8) is 0 Å². The van der Waals surface area contributed by atoms with E-state index in [4.69, 9.17) is 4.84 Å². The average molecular weight is 292 g/mol. The van der Waals surface area contributed by atoms with Crippen LogP contribution in [-0.2, 0) is 11.9 Å². The standard InChI is InChI=1S/C9H13N2O.HI/c1-3-12-10-7-9-5-4-6-11(2)8-9;/h4-8H,3H2,1-2H3;1H/q+1;/p-1/b10-7+;. The van der Waals surface area contributed by atoms with E-state index < -0.39 is 0 Å². The summed E-state index contributed by atoms with van der Waals surface area (Å²) in [6, 6.07) is 3.94. The second kappa shape index (κ2) is 6.82. The van der Waals surface area contributed by atoms with Crippen LogP contribution in [0, 0.1) is 0 Å². The van der Waals surface area contributed by atoms with Crippen LogP contribution in [-0.4, -0.2) is 12.8 Å². The number of hydrogen-bond donors (Lipinski definition) is 0. The smallest absolute Gasteiger partial charge is 0.177 e. The van der Waals surface area contributed by atoms with E-state index in [-0.39, 0.29) is 24.0 Å². The lowest BCUT2D eigenvalue weighted by atomic mass is 10.3. The number of hydrogen-bond acceptors (Lipinski definition) is 2. The minimum Gasteiger partial charge on any atom is -1.00 e. The maximum atomic E-state index is 4.84. The highest BCUT2D eigenvalue weighted by molar-refractivity contribution is 5.77. The zero-order chi connectivity index (χ0) is 8.81. The summed E-state index contributed by atoms with van der Waals surface area (Å²) >= 11 is 0. The van der Waals surface area contributed by atoms with Crippen molar-refractivity contribution in [1.29, 1.82) is 0 Å². The summed E-state index contributed by atoms with van der Waals surface area (Å²) in [5, 5.41) is 3.76. The number of aryl methyl sites for hydroxylation is 1. The van der Waals surface area contributed by atoms with Crippen LogP contribution in [0.2, 0.25) is 0 Å². The van der Waals surface area contributed by atoms with Gasteiger partial charge in [-0.25, -0.2) is 4.57 Å². The van der Waals surface area contributed by atoms with E-state index in [9.17, 15) is 0 Å². The Morgan fingerprint density at radius 2 is 2.38 bits per heavy atom. The van der Waals surface area contributed by atoms with Gasteiger partial charge in [0.25, 0.3) is 0 Å². The van der Waals surface area contributed by atoms with Crippen LogP contribution in [0.15, 0.2) is 29.7 Å². The van der Waals surface area contributed by atoms with Crippen molar-refractivity contribution in [2.75, 3.05) is 6.61 Å². The zero-order valence-electron chi connectivity index (χ0n) is 7.77. The predicted octanol–water partition coefficient (Wildman–Crippen LogP) is -2.11. The van der Waals surface area contributed by atoms with E-state index in [0.29, 0.717) is 6.61 Å². The fourth-order valence-electron chi connectivity index (χ4n) is 0.860. The summed E-state index contributed by atoms with van der Waals surface area (Å²) in [7, 11) is 1.97. The molecular weight excluding hydrogens is 279 g/mol. The van der Waals surface area contributed by atoms with Crippen molar-refractivity contribution < 1.29 is 33.4 Å². The van der Waals surface area contributed by atoms with E-state index in [0.717, 1.165) is 5.56 Å². The van der Waals surface area contributed by atoms with Gasteiger partial charge in [0.1, 0.15) is 13.7 Å². The van der Waals surface area contributed by atoms with Gasteiger partial charge in [0.15, 0.2) is 12.4 Å². The topological polar surface area (TPSA) is 25.5 Å². The minimum atomic E-state index is 0. The molecule has 3 nitrogen and oxygen atoms in total. The first-order valence-corrected chi connectivity index (χ1v) is 3.93. The van der Waals surface area contributed by atoms with Crippen molar-refractivity contribution in [3.05, 3.63) is 30.1 Å². The fourth-order valence-corrected chi connectivity index (χ4v) is 0.860. The number of nitrogens with zero attached hydrogens (tertiary/aromatic N) is 2. The molecule has 0 aliphatic rings. The van der Waals surface area contributed by atoms with Crippen molar-refractivity contribution in [2.45, 2.75) is 6.92 Å². The molecule has 0 saturated carbocycles. The predicted molar refractivity (Wildman–Crippen MR) is 46.8 cm³/mol. The Labute approximate surface area is 95.4 Å². The maximum absolute atomic E-state index is 4.84. The third kappa shape index (κ3) is 4.82. The van der Waals surface area contributed by atoms with Crippen LogP contribution < -0.4 is 28.5 Å². The molecule has 0 aliphatic carbocycles. The Kier molecular flexibility index (Phi) is 6.48. The van der Waals surface area contributed by atoms with Crippen molar-refractivity contribution >= 4 is 6.21 Å². The SMILES string of the molecule is CCO/N=C/c1ccc[n+](C)c1.[I-]. The average Bonchev–Trinajstić information content (AvgIpc) is 2.05. The van der Waals surface area contributed by atoms with Crippen LogP contribution in [0.4, 0.5) is 0 Å². The lowest BCUT2D eigenvalue weighted by Gasteiger charge is -1.91. The Morgan fingerprint density at radius 3 is 3.00 bits per heavy atom. The molecule has 0 saturated heterocycles. The molecule has 0 atom stereocenters. The van der Waals surface area contributed by atoms with Gasteiger partial charge >= 0.3 is 0 Å². The Bertz CT molecular complexity index is 276. The molecule has 4 heteroatoms. The summed E-state index contributed by atoms with van der Waals surface area (Å²) in [4.78, 5) is 4.84. The highest BCUT2D eigenvalue weighted by Crippen LogP contribution is 1.89. The third-order valence-corrected chi connectivity index (χ3v) is 1.37. The molecule has 1 aromatic heterocycles. The molecule has 1 aromatic rings. The molecule has 1 heterocycles. The second-order valence-corrected chi connectivity index (χ2v) is 2.46. The molecule has 13 heavy (non-hydrogen) atoms. The monoisotopic (exact) mass is 292 g/mol. The highest BCUT2D eigenvalue weighted by atomic mass is 127. The lowest BCUT2D eigenvalue weighted by molar-refractivity contribution is -0.671. The van der Waals surface area contributed by atoms with Gasteiger partial charge < -0.3 is 28.8 Å². The lowest BCUT2D eigenvalue weighted by Crippen LogP contribution is -3.00. The van der Waals surface area contributed by atoms with Crippen LogP contribution in [0.25, 0.3) is 0 Å². The third-order valence-electron chi connectivity index (χ3n) is 1.37. The number of aromatic nitrogens is 1. The Morgan fingerprint density at radius 1 is 1.62 bits per heavy atom. The quantitative estimate of drug-likeness (QED) is 0.271. The normalized spacial score (nSPS) is 9.69. The maximum Gasteiger partial charge on any atom is 0.177 e. The van der Waals surface area contributed by atoms with Gasteiger partial charge in [0.2, 0.25) is 0 Å². The van der Waals surface area contributed by atoms with Gasteiger partial charge in [-0.2, -0.15) is 0 Å². The van der Waals surface area contributed by atoms with Gasteiger partial charge in [-0.1, -0.05) is 5.16 Å². The summed E-state index contributed by atoms with van der Waals surface area (Å²) in [6.45, 7) is 2.51. The van der Waals surface area contributed by atoms with E-state index in [1.165, 1.54) is 0 Å². The fraction of sp³-hybridized carbons (Fsp3) is 0.333. The van der Waals surface area contributed by atoms with Crippen molar-refractivity contribution in [2.24, 2.45) is 12.2 Å². The van der Waals surface area contributed by atoms with Crippen LogP contribution in [0.1, 0.15) is 12.5 Å². The summed E-state index contributed by atoms with van der Waals surface area (Å²) < 4.78 is 1.97. The molecule has 0 amide bonds. The molecule has 1 rings (SSSR count). The molecule has 0 radical (unpaired) electrons. The van der Waals surface area contributed by atoms with E-state index in [1.807, 2.05) is 43.1 Å². The van der Waals surface area contributed by atoms with Crippen molar-refractivity contribution in [3.8, 4) is 0 Å². The first kappa shape index (κ1) is 12.3. The Balaban J connectivity index is 0.00000144. The highest BCUT2D eigenvalue weighted by Gasteiger charge is 1.92. The molecule has 0 N–H and O–H groups in total. The zero-order valence-corrected chi connectivity index (χ0v) is 9.93. The second-order valence-electron chi connectivity index (χ2n) is 2.46. The molecule has 0 spiro atoms. The van der Waals surface area contributed by atoms with Crippen molar-refractivity contribution in [1.82, 2.24) is 0 Å². The molecular formula is C9H13IN2O. The Hall–Kier alpha value is -0.650. The molecule has 0 fully saturated rings. The first-order chi connectivity index (χ1) is 5.83. The van der Waals surface area contributed by atoms with Crippen LogP contribution >= 0.6 is 0 Å². The molecule has 0 aliphatic heterocycles. The minimum absolute atomic E-state index is 0. The van der Waals surface area contributed by atoms with Gasteiger partial charge in [-0.3, -0.25) is 0 Å². The molecule has 0 bridgehead atoms. The molecule has 0 unspecified atom stereocenters. The van der Waals surface area contributed by atoms with Gasteiger partial charge in [-0.05, 0) is 13.0 Å². The van der Waals surface area contributed by atoms with Crippen LogP contribution in [0.3, 0.4) is 0 Å². The molecule has 0 aromatic carbocycles. The van der Waals surface area contributed by atoms with E-state index in [2.05, 4.69) is 5.16 Å². The molecule has 72 valence electrons. The number of oxime groups is 1. The first-order valence-electron chi connectivity index (χ1n) is 3.93. The number of halogens is 1. The number of rotatable bonds is 3. The van der Waals surface area contributed by atoms with Gasteiger partial charge in [0, 0.05) is 6.07 Å². The van der Waals surface area contributed by atoms with Crippen LogP contribution in [0.5, 0.6) is 0 Å². The summed E-state index contributed by atoms with van der Waals surface area (Å²) in [6.07, 6.45) is 5.64. The summed E-state index contributed by atoms with van der Waals surface area (Å²) in [5.41, 5.74) is 1.04. The van der Waals surface area contributed by atoms with E-state index >= 15 is 0 Å².